The Morgan fingerprint density at radius 3 is 2.15 bits per heavy atom. The van der Waals surface area contributed by atoms with Gasteiger partial charge in [-0.1, -0.05) is 60.5 Å². The highest BCUT2D eigenvalue weighted by Gasteiger charge is 2.34. The maximum Gasteiger partial charge on any atom is 0.264 e. The van der Waals surface area contributed by atoms with Crippen LogP contribution in [0.1, 0.15) is 35.6 Å². The van der Waals surface area contributed by atoms with Crippen molar-refractivity contribution in [1.82, 2.24) is 10.2 Å². The molecule has 208 valence electrons. The molecule has 0 bridgehead atoms. The fraction of sp³-hybridized carbons (Fsp3) is 0.333. The first kappa shape index (κ1) is 29.7. The summed E-state index contributed by atoms with van der Waals surface area (Å²) in [7, 11) is -1.21. The van der Waals surface area contributed by atoms with Crippen LogP contribution in [-0.4, -0.2) is 51.9 Å². The quantitative estimate of drug-likeness (QED) is 0.382. The molecule has 9 heteroatoms. The Morgan fingerprint density at radius 2 is 1.56 bits per heavy atom. The highest BCUT2D eigenvalue weighted by Crippen LogP contribution is 2.34. The van der Waals surface area contributed by atoms with E-state index in [9.17, 15) is 18.0 Å². The van der Waals surface area contributed by atoms with Crippen LogP contribution < -0.4 is 14.4 Å². The van der Waals surface area contributed by atoms with Gasteiger partial charge in [0.15, 0.2) is 0 Å². The Kier molecular flexibility index (Phi) is 9.75. The van der Waals surface area contributed by atoms with E-state index in [4.69, 9.17) is 4.74 Å². The summed E-state index contributed by atoms with van der Waals surface area (Å²) in [5.41, 5.74) is 3.81. The third-order valence-electron chi connectivity index (χ3n) is 6.56. The summed E-state index contributed by atoms with van der Waals surface area (Å²) in [4.78, 5) is 28.4. The lowest BCUT2D eigenvalue weighted by atomic mass is 10.1. The minimum absolute atomic E-state index is 0.0491. The monoisotopic (exact) mass is 551 g/mol. The first-order chi connectivity index (χ1) is 18.5. The normalized spacial score (nSPS) is 11.9. The maximum atomic E-state index is 14.1. The lowest BCUT2D eigenvalue weighted by molar-refractivity contribution is -0.140. The predicted octanol–water partition coefficient (Wildman–Crippen LogP) is 4.37. The molecule has 3 aromatic carbocycles. The fourth-order valence-corrected chi connectivity index (χ4v) is 5.86. The molecule has 8 nitrogen and oxygen atoms in total. The summed E-state index contributed by atoms with van der Waals surface area (Å²) in [6, 6.07) is 18.5. The number of anilines is 1. The first-order valence-corrected chi connectivity index (χ1v) is 14.3. The minimum Gasteiger partial charge on any atom is -0.495 e. The number of carbonyl (C=O) groups is 2. The molecule has 1 atom stereocenters. The van der Waals surface area contributed by atoms with Crippen molar-refractivity contribution in [1.29, 1.82) is 0 Å². The van der Waals surface area contributed by atoms with E-state index < -0.39 is 28.5 Å². The lowest BCUT2D eigenvalue weighted by Gasteiger charge is -2.33. The van der Waals surface area contributed by atoms with Gasteiger partial charge in [-0.05, 0) is 62.6 Å². The zero-order chi connectivity index (χ0) is 28.7. The Hall–Kier alpha value is -3.85. The van der Waals surface area contributed by atoms with E-state index in [2.05, 4.69) is 5.32 Å². The Labute approximate surface area is 231 Å². The van der Waals surface area contributed by atoms with E-state index in [0.29, 0.717) is 12.2 Å². The zero-order valence-corrected chi connectivity index (χ0v) is 24.2. The van der Waals surface area contributed by atoms with Crippen LogP contribution in [0.15, 0.2) is 71.6 Å². The molecule has 0 aliphatic rings. The van der Waals surface area contributed by atoms with Gasteiger partial charge in [-0.2, -0.15) is 0 Å². The molecule has 0 unspecified atom stereocenters. The number of nitrogens with one attached hydrogen (secondary N) is 1. The summed E-state index contributed by atoms with van der Waals surface area (Å²) in [5, 5.41) is 2.64. The first-order valence-electron chi connectivity index (χ1n) is 12.8. The highest BCUT2D eigenvalue weighted by atomic mass is 32.2. The topological polar surface area (TPSA) is 96.0 Å². The molecule has 0 aromatic heterocycles. The van der Waals surface area contributed by atoms with Crippen LogP contribution in [0, 0.1) is 20.8 Å². The molecular formula is C30H37N3O5S. The van der Waals surface area contributed by atoms with E-state index in [-0.39, 0.29) is 23.0 Å². The highest BCUT2D eigenvalue weighted by molar-refractivity contribution is 7.92. The van der Waals surface area contributed by atoms with Gasteiger partial charge in [0.25, 0.3) is 10.0 Å². The Morgan fingerprint density at radius 1 is 0.923 bits per heavy atom. The smallest absolute Gasteiger partial charge is 0.264 e. The van der Waals surface area contributed by atoms with E-state index in [1.807, 2.05) is 58.0 Å². The summed E-state index contributed by atoms with van der Waals surface area (Å²) in [5.74, 6) is -0.515. The second-order valence-electron chi connectivity index (χ2n) is 9.55. The maximum absolute atomic E-state index is 14.1. The van der Waals surface area contributed by atoms with Crippen molar-refractivity contribution in [3.63, 3.8) is 0 Å². The molecule has 1 N–H and O–H groups in total. The minimum atomic E-state index is -4.18. The Bertz CT molecular complexity index is 1420. The SMILES string of the molecule is CC[C@@H](C(=O)NC)N(Cc1cccc(C)c1)C(=O)CN(c1cc(C)ccc1OC)S(=O)(=O)c1ccc(C)cc1. The van der Waals surface area contributed by atoms with Gasteiger partial charge in [0, 0.05) is 13.6 Å². The molecule has 0 fully saturated rings. The average molecular weight is 552 g/mol. The molecular weight excluding hydrogens is 514 g/mol. The van der Waals surface area contributed by atoms with Gasteiger partial charge in [0.05, 0.1) is 17.7 Å². The molecule has 0 radical (unpaired) electrons. The third kappa shape index (κ3) is 6.97. The molecule has 0 spiro atoms. The van der Waals surface area contributed by atoms with Crippen molar-refractivity contribution in [2.75, 3.05) is 25.0 Å². The van der Waals surface area contributed by atoms with Gasteiger partial charge in [-0.25, -0.2) is 8.42 Å². The number of nitrogens with zero attached hydrogens (tertiary/aromatic N) is 2. The van der Waals surface area contributed by atoms with Crippen molar-refractivity contribution < 1.29 is 22.7 Å². The second-order valence-corrected chi connectivity index (χ2v) is 11.4. The molecule has 3 rings (SSSR count). The summed E-state index contributed by atoms with van der Waals surface area (Å²) in [6.45, 7) is 7.11. The fourth-order valence-electron chi connectivity index (χ4n) is 4.44. The molecule has 2 amide bonds. The number of amides is 2. The number of sulfonamides is 1. The van der Waals surface area contributed by atoms with Crippen molar-refractivity contribution in [3.8, 4) is 5.75 Å². The number of carbonyl (C=O) groups excluding carboxylic acids is 2. The number of rotatable bonds is 11. The van der Waals surface area contributed by atoms with Gasteiger partial charge in [0.1, 0.15) is 18.3 Å². The van der Waals surface area contributed by atoms with Crippen LogP contribution >= 0.6 is 0 Å². The number of ether oxygens (including phenoxy) is 1. The van der Waals surface area contributed by atoms with E-state index in [0.717, 1.165) is 26.6 Å². The molecule has 0 aliphatic heterocycles. The third-order valence-corrected chi connectivity index (χ3v) is 8.33. The van der Waals surface area contributed by atoms with Gasteiger partial charge in [-0.15, -0.1) is 0 Å². The molecule has 0 aliphatic carbocycles. The summed E-state index contributed by atoms with van der Waals surface area (Å²) < 4.78 is 34.7. The van der Waals surface area contributed by atoms with Crippen LogP contribution in [0.25, 0.3) is 0 Å². The van der Waals surface area contributed by atoms with Gasteiger partial charge >= 0.3 is 0 Å². The van der Waals surface area contributed by atoms with Crippen molar-refractivity contribution in [3.05, 3.63) is 89.0 Å². The van der Waals surface area contributed by atoms with Gasteiger partial charge in [0.2, 0.25) is 11.8 Å². The number of likely N-dealkylation sites (N-methyl/N-ethyl adjacent to an activating group) is 1. The number of hydrogen-bond donors (Lipinski definition) is 1. The van der Waals surface area contributed by atoms with Crippen LogP contribution in [0.3, 0.4) is 0 Å². The largest absolute Gasteiger partial charge is 0.495 e. The number of aryl methyl sites for hydroxylation is 3. The molecule has 3 aromatic rings. The molecule has 39 heavy (non-hydrogen) atoms. The van der Waals surface area contributed by atoms with Gasteiger partial charge < -0.3 is 15.0 Å². The van der Waals surface area contributed by atoms with E-state index in [1.54, 1.807) is 24.3 Å². The van der Waals surface area contributed by atoms with Crippen LogP contribution in [0.4, 0.5) is 5.69 Å². The summed E-state index contributed by atoms with van der Waals surface area (Å²) in [6.07, 6.45) is 0.357. The lowest BCUT2D eigenvalue weighted by Crippen LogP contribution is -2.51. The van der Waals surface area contributed by atoms with Crippen LogP contribution in [-0.2, 0) is 26.2 Å². The van der Waals surface area contributed by atoms with E-state index in [1.165, 1.54) is 31.2 Å². The zero-order valence-electron chi connectivity index (χ0n) is 23.4. The van der Waals surface area contributed by atoms with Crippen molar-refractivity contribution in [2.24, 2.45) is 0 Å². The predicted molar refractivity (Wildman–Crippen MR) is 153 cm³/mol. The number of hydrogen-bond acceptors (Lipinski definition) is 5. The van der Waals surface area contributed by atoms with Crippen LogP contribution in [0.5, 0.6) is 5.75 Å². The van der Waals surface area contributed by atoms with Gasteiger partial charge in [-0.3, -0.25) is 13.9 Å². The van der Waals surface area contributed by atoms with Crippen LogP contribution in [0.2, 0.25) is 0 Å². The molecule has 0 saturated heterocycles. The second kappa shape index (κ2) is 12.8. The van der Waals surface area contributed by atoms with E-state index >= 15 is 0 Å². The van der Waals surface area contributed by atoms with Crippen molar-refractivity contribution >= 4 is 27.5 Å². The van der Waals surface area contributed by atoms with Crippen molar-refractivity contribution in [2.45, 2.75) is 51.6 Å². The number of methoxy groups -OCH3 is 1. The number of benzene rings is 3. The standard InChI is InChI=1S/C30H37N3O5S/c1-7-26(30(35)31-5)32(19-24-10-8-9-22(3)17-24)29(34)20-33(27-18-23(4)13-16-28(27)38-6)39(36,37)25-14-11-21(2)12-15-25/h8-18,26H,7,19-20H2,1-6H3,(H,31,35)/t26-/m0/s1. The molecule has 0 heterocycles. The average Bonchev–Trinajstić information content (AvgIpc) is 2.91. The Balaban J connectivity index is 2.13. The molecule has 0 saturated carbocycles. The summed E-state index contributed by atoms with van der Waals surface area (Å²) >= 11 is 0.